The number of rotatable bonds is 6. The summed E-state index contributed by atoms with van der Waals surface area (Å²) >= 11 is 0. The number of hydrogen-bond acceptors (Lipinski definition) is 5. The molecule has 1 aromatic carbocycles. The van der Waals surface area contributed by atoms with E-state index < -0.39 is 0 Å². The van der Waals surface area contributed by atoms with Crippen LogP contribution in [0.5, 0.6) is 11.5 Å². The van der Waals surface area contributed by atoms with Crippen LogP contribution in [0, 0.1) is 0 Å². The van der Waals surface area contributed by atoms with Gasteiger partial charge in [-0.05, 0) is 31.0 Å². The van der Waals surface area contributed by atoms with Gasteiger partial charge in [0.25, 0.3) is 0 Å². The van der Waals surface area contributed by atoms with Gasteiger partial charge >= 0.3 is 6.09 Å². The van der Waals surface area contributed by atoms with Crippen molar-refractivity contribution in [3.63, 3.8) is 0 Å². The van der Waals surface area contributed by atoms with Crippen molar-refractivity contribution in [2.75, 3.05) is 34.2 Å². The highest BCUT2D eigenvalue weighted by Crippen LogP contribution is 2.32. The molecule has 2 rings (SSSR count). The normalized spacial score (nSPS) is 13.9. The van der Waals surface area contributed by atoms with Crippen LogP contribution >= 0.6 is 0 Å². The summed E-state index contributed by atoms with van der Waals surface area (Å²) in [5.41, 5.74) is 1.09. The van der Waals surface area contributed by atoms with Crippen LogP contribution in [0.25, 0.3) is 0 Å². The van der Waals surface area contributed by atoms with E-state index in [0.717, 1.165) is 17.1 Å². The Morgan fingerprint density at radius 2 is 2.10 bits per heavy atom. The van der Waals surface area contributed by atoms with Crippen LogP contribution in [0.2, 0.25) is 0 Å². The number of methoxy groups -OCH3 is 1. The standard InChI is InChI=1S/C15H21NO5/c1-11(16(2)15(17)19-7-6-18-3)8-12-4-5-13-14(9-12)21-10-20-13/h4-5,9,11H,6-8,10H2,1-3H3/t11-/m0/s1. The third-order valence-corrected chi connectivity index (χ3v) is 3.43. The maximum atomic E-state index is 11.8. The Kier molecular flexibility index (Phi) is 5.27. The molecule has 0 spiro atoms. The molecule has 1 atom stereocenters. The number of likely N-dealkylation sites (N-methyl/N-ethyl adjacent to an activating group) is 1. The number of carbonyl (C=O) groups is 1. The molecule has 0 unspecified atom stereocenters. The second-order valence-electron chi connectivity index (χ2n) is 4.96. The average molecular weight is 295 g/mol. The molecule has 0 aromatic heterocycles. The molecule has 0 fully saturated rings. The third kappa shape index (κ3) is 4.01. The Morgan fingerprint density at radius 1 is 1.33 bits per heavy atom. The number of nitrogens with zero attached hydrogens (tertiary/aromatic N) is 1. The van der Waals surface area contributed by atoms with E-state index in [1.54, 1.807) is 19.1 Å². The zero-order chi connectivity index (χ0) is 15.2. The minimum Gasteiger partial charge on any atom is -0.454 e. The molecule has 0 bridgehead atoms. The second kappa shape index (κ2) is 7.17. The molecule has 6 heteroatoms. The van der Waals surface area contributed by atoms with Crippen LogP contribution in [0.1, 0.15) is 12.5 Å². The number of amides is 1. The smallest absolute Gasteiger partial charge is 0.409 e. The summed E-state index contributed by atoms with van der Waals surface area (Å²) in [5, 5.41) is 0. The molecule has 21 heavy (non-hydrogen) atoms. The molecular formula is C15H21NO5. The molecule has 1 aliphatic rings. The van der Waals surface area contributed by atoms with E-state index in [4.69, 9.17) is 18.9 Å². The predicted octanol–water partition coefficient (Wildman–Crippen LogP) is 2.06. The highest BCUT2D eigenvalue weighted by Gasteiger charge is 2.19. The van der Waals surface area contributed by atoms with Crippen LogP contribution < -0.4 is 9.47 Å². The Bertz CT molecular complexity index is 491. The first-order chi connectivity index (χ1) is 10.1. The lowest BCUT2D eigenvalue weighted by Crippen LogP contribution is -2.37. The fourth-order valence-electron chi connectivity index (χ4n) is 2.04. The van der Waals surface area contributed by atoms with Gasteiger partial charge in [0.05, 0.1) is 6.61 Å². The first-order valence-corrected chi connectivity index (χ1v) is 6.89. The Labute approximate surface area is 124 Å². The van der Waals surface area contributed by atoms with Crippen LogP contribution in [0.4, 0.5) is 4.79 Å². The van der Waals surface area contributed by atoms with Crippen LogP contribution in [0.15, 0.2) is 18.2 Å². The van der Waals surface area contributed by atoms with Crippen molar-refractivity contribution < 1.29 is 23.7 Å². The lowest BCUT2D eigenvalue weighted by Gasteiger charge is -2.24. The van der Waals surface area contributed by atoms with Gasteiger partial charge < -0.3 is 23.8 Å². The minimum atomic E-state index is -0.347. The highest BCUT2D eigenvalue weighted by atomic mass is 16.7. The number of carbonyl (C=O) groups excluding carboxylic acids is 1. The van der Waals surface area contributed by atoms with Crippen molar-refractivity contribution in [3.05, 3.63) is 23.8 Å². The Morgan fingerprint density at radius 3 is 2.86 bits per heavy atom. The molecule has 6 nitrogen and oxygen atoms in total. The van der Waals surface area contributed by atoms with E-state index in [9.17, 15) is 4.79 Å². The van der Waals surface area contributed by atoms with Gasteiger partial charge in [0.15, 0.2) is 11.5 Å². The van der Waals surface area contributed by atoms with Crippen molar-refractivity contribution in [2.45, 2.75) is 19.4 Å². The van der Waals surface area contributed by atoms with Gasteiger partial charge in [-0.2, -0.15) is 0 Å². The lowest BCUT2D eigenvalue weighted by molar-refractivity contribution is 0.0700. The van der Waals surface area contributed by atoms with Crippen molar-refractivity contribution in [1.82, 2.24) is 4.90 Å². The maximum Gasteiger partial charge on any atom is 0.409 e. The van der Waals surface area contributed by atoms with E-state index in [1.807, 2.05) is 25.1 Å². The quantitative estimate of drug-likeness (QED) is 0.752. The third-order valence-electron chi connectivity index (χ3n) is 3.43. The molecule has 1 heterocycles. The summed E-state index contributed by atoms with van der Waals surface area (Å²) in [6.45, 7) is 2.90. The summed E-state index contributed by atoms with van der Waals surface area (Å²) < 4.78 is 20.6. The van der Waals surface area contributed by atoms with Crippen molar-refractivity contribution in [3.8, 4) is 11.5 Å². The largest absolute Gasteiger partial charge is 0.454 e. The molecule has 1 amide bonds. The Balaban J connectivity index is 1.88. The van der Waals surface area contributed by atoms with E-state index in [0.29, 0.717) is 13.0 Å². The van der Waals surface area contributed by atoms with Gasteiger partial charge in [0.1, 0.15) is 6.61 Å². The summed E-state index contributed by atoms with van der Waals surface area (Å²) in [4.78, 5) is 13.4. The van der Waals surface area contributed by atoms with Gasteiger partial charge in [-0.15, -0.1) is 0 Å². The van der Waals surface area contributed by atoms with Crippen molar-refractivity contribution in [1.29, 1.82) is 0 Å². The van der Waals surface area contributed by atoms with E-state index in [2.05, 4.69) is 0 Å². The molecule has 116 valence electrons. The topological polar surface area (TPSA) is 57.2 Å². The number of benzene rings is 1. The van der Waals surface area contributed by atoms with Crippen LogP contribution in [-0.4, -0.2) is 51.2 Å². The molecule has 0 radical (unpaired) electrons. The first kappa shape index (κ1) is 15.4. The predicted molar refractivity (Wildman–Crippen MR) is 76.7 cm³/mol. The molecule has 1 aliphatic heterocycles. The van der Waals surface area contributed by atoms with Gasteiger partial charge in [0.2, 0.25) is 6.79 Å². The first-order valence-electron chi connectivity index (χ1n) is 6.89. The van der Waals surface area contributed by atoms with Crippen LogP contribution in [-0.2, 0) is 15.9 Å². The molecule has 0 N–H and O–H groups in total. The van der Waals surface area contributed by atoms with E-state index >= 15 is 0 Å². The molecular weight excluding hydrogens is 274 g/mol. The SMILES string of the molecule is COCCOC(=O)N(C)[C@@H](C)Cc1ccc2c(c1)OCO2. The van der Waals surface area contributed by atoms with Gasteiger partial charge in [-0.3, -0.25) is 0 Å². The van der Waals surface area contributed by atoms with Crippen molar-refractivity contribution in [2.24, 2.45) is 0 Å². The summed E-state index contributed by atoms with van der Waals surface area (Å²) in [6.07, 6.45) is 0.368. The lowest BCUT2D eigenvalue weighted by atomic mass is 10.1. The van der Waals surface area contributed by atoms with Gasteiger partial charge in [0, 0.05) is 20.2 Å². The zero-order valence-electron chi connectivity index (χ0n) is 12.6. The molecule has 0 saturated heterocycles. The fourth-order valence-corrected chi connectivity index (χ4v) is 2.04. The Hall–Kier alpha value is -1.95. The molecule has 0 aliphatic carbocycles. The fraction of sp³-hybridized carbons (Fsp3) is 0.533. The minimum absolute atomic E-state index is 0.0143. The summed E-state index contributed by atoms with van der Waals surface area (Å²) in [5.74, 6) is 1.52. The van der Waals surface area contributed by atoms with Gasteiger partial charge in [-0.25, -0.2) is 4.79 Å². The highest BCUT2D eigenvalue weighted by molar-refractivity contribution is 5.67. The summed E-state index contributed by atoms with van der Waals surface area (Å²) in [7, 11) is 3.30. The number of hydrogen-bond donors (Lipinski definition) is 0. The maximum absolute atomic E-state index is 11.8. The molecule has 1 aromatic rings. The van der Waals surface area contributed by atoms with E-state index in [-0.39, 0.29) is 25.5 Å². The van der Waals surface area contributed by atoms with Gasteiger partial charge in [-0.1, -0.05) is 6.07 Å². The van der Waals surface area contributed by atoms with Crippen molar-refractivity contribution >= 4 is 6.09 Å². The molecule has 0 saturated carbocycles. The second-order valence-corrected chi connectivity index (χ2v) is 4.96. The van der Waals surface area contributed by atoms with Crippen LogP contribution in [0.3, 0.4) is 0 Å². The average Bonchev–Trinajstić information content (AvgIpc) is 2.94. The van der Waals surface area contributed by atoms with E-state index in [1.165, 1.54) is 0 Å². The number of fused-ring (bicyclic) bond motifs is 1. The monoisotopic (exact) mass is 295 g/mol. The summed E-state index contributed by atoms with van der Waals surface area (Å²) in [6, 6.07) is 5.83. The zero-order valence-corrected chi connectivity index (χ0v) is 12.6. The number of ether oxygens (including phenoxy) is 4.